The first kappa shape index (κ1) is 16.8. The number of phenols is 1. The second-order valence-electron chi connectivity index (χ2n) is 4.86. The highest BCUT2D eigenvalue weighted by atomic mass is 127. The summed E-state index contributed by atoms with van der Waals surface area (Å²) in [4.78, 5) is 0. The van der Waals surface area contributed by atoms with Gasteiger partial charge in [-0.15, -0.1) is 0 Å². The molecule has 2 aromatic rings. The van der Waals surface area contributed by atoms with Crippen LogP contribution < -0.4 is 10.5 Å². The van der Waals surface area contributed by atoms with Gasteiger partial charge in [-0.05, 0) is 100.0 Å². The third-order valence-electron chi connectivity index (χ3n) is 3.14. The van der Waals surface area contributed by atoms with Crippen LogP contribution in [0.1, 0.15) is 18.9 Å². The van der Waals surface area contributed by atoms with Crippen molar-refractivity contribution in [1.29, 1.82) is 0 Å². The quantitative estimate of drug-likeness (QED) is 0.577. The van der Waals surface area contributed by atoms with Crippen molar-refractivity contribution in [3.63, 3.8) is 0 Å². The Bertz CT molecular complexity index is 591. The number of benzene rings is 2. The fraction of sp³-hybridized carbons (Fsp3) is 0.250. The number of nitrogens with two attached hydrogens (primary N) is 1. The van der Waals surface area contributed by atoms with Gasteiger partial charge in [-0.25, -0.2) is 0 Å². The first-order valence-corrected chi connectivity index (χ1v) is 8.85. The van der Waals surface area contributed by atoms with Gasteiger partial charge in [-0.1, -0.05) is 6.92 Å². The van der Waals surface area contributed by atoms with E-state index in [9.17, 15) is 5.11 Å². The van der Waals surface area contributed by atoms with E-state index in [1.54, 1.807) is 24.3 Å². The number of phenolic OH excluding ortho intramolecular Hbond substituents is 1. The molecule has 0 bridgehead atoms. The molecule has 0 radical (unpaired) electrons. The lowest BCUT2D eigenvalue weighted by molar-refractivity contribution is 0.461. The summed E-state index contributed by atoms with van der Waals surface area (Å²) in [6, 6.07) is 11.2. The highest BCUT2D eigenvalue weighted by Crippen LogP contribution is 2.33. The van der Waals surface area contributed by atoms with Gasteiger partial charge in [0.05, 0.1) is 7.14 Å². The average Bonchev–Trinajstić information content (AvgIpc) is 2.44. The zero-order chi connectivity index (χ0) is 15.4. The van der Waals surface area contributed by atoms with Crippen molar-refractivity contribution in [2.24, 2.45) is 5.73 Å². The van der Waals surface area contributed by atoms with E-state index in [0.717, 1.165) is 25.7 Å². The number of hydrogen-bond acceptors (Lipinski definition) is 3. The van der Waals surface area contributed by atoms with Crippen LogP contribution in [0.3, 0.4) is 0 Å². The fourth-order valence-electron chi connectivity index (χ4n) is 1.91. The van der Waals surface area contributed by atoms with E-state index in [2.05, 4.69) is 64.2 Å². The van der Waals surface area contributed by atoms with E-state index in [1.165, 1.54) is 5.56 Å². The molecule has 0 fully saturated rings. The summed E-state index contributed by atoms with van der Waals surface area (Å²) in [5.74, 6) is 1.79. The lowest BCUT2D eigenvalue weighted by Gasteiger charge is -2.14. The molecule has 2 aromatic carbocycles. The molecule has 112 valence electrons. The third-order valence-corrected chi connectivity index (χ3v) is 4.74. The van der Waals surface area contributed by atoms with E-state index in [0.29, 0.717) is 5.75 Å². The van der Waals surface area contributed by atoms with Crippen molar-refractivity contribution in [3.8, 4) is 17.2 Å². The van der Waals surface area contributed by atoms with E-state index in [-0.39, 0.29) is 11.8 Å². The Hall–Kier alpha value is -0.540. The van der Waals surface area contributed by atoms with Crippen molar-refractivity contribution in [2.45, 2.75) is 25.8 Å². The molecule has 0 aliphatic heterocycles. The molecule has 3 nitrogen and oxygen atoms in total. The standard InChI is InChI=1S/C16H17I2NO2/c1-2-11(19)7-10-8-14(17)16(15(18)9-10)21-13-5-3-12(20)4-6-13/h3-6,8-9,11,20H,2,7,19H2,1H3/t11-/m1/s1. The molecule has 21 heavy (non-hydrogen) atoms. The Morgan fingerprint density at radius 1 is 1.14 bits per heavy atom. The molecule has 0 saturated carbocycles. The number of aromatic hydroxyl groups is 1. The fourth-order valence-corrected chi connectivity index (χ4v) is 4.02. The van der Waals surface area contributed by atoms with Gasteiger partial charge in [0, 0.05) is 6.04 Å². The van der Waals surface area contributed by atoms with Gasteiger partial charge in [0.1, 0.15) is 11.5 Å². The zero-order valence-corrected chi connectivity index (χ0v) is 16.0. The normalized spacial score (nSPS) is 12.2. The van der Waals surface area contributed by atoms with E-state index < -0.39 is 0 Å². The first-order chi connectivity index (χ1) is 9.99. The predicted octanol–water partition coefficient (Wildman–Crippen LogP) is 4.67. The summed E-state index contributed by atoms with van der Waals surface area (Å²) in [6.45, 7) is 2.10. The van der Waals surface area contributed by atoms with E-state index in [1.807, 2.05) is 0 Å². The molecule has 5 heteroatoms. The molecular weight excluding hydrogens is 492 g/mol. The van der Waals surface area contributed by atoms with Crippen molar-refractivity contribution >= 4 is 45.2 Å². The molecule has 0 saturated heterocycles. The van der Waals surface area contributed by atoms with Crippen LogP contribution >= 0.6 is 45.2 Å². The van der Waals surface area contributed by atoms with Crippen LogP contribution in [0.2, 0.25) is 0 Å². The molecule has 0 amide bonds. The summed E-state index contributed by atoms with van der Waals surface area (Å²) in [6.07, 6.45) is 1.85. The lowest BCUT2D eigenvalue weighted by atomic mass is 10.0. The Balaban J connectivity index is 2.22. The molecule has 3 N–H and O–H groups in total. The van der Waals surface area contributed by atoms with Crippen LogP contribution in [0.4, 0.5) is 0 Å². The molecule has 0 aliphatic rings. The highest BCUT2D eigenvalue weighted by molar-refractivity contribution is 14.1. The predicted molar refractivity (Wildman–Crippen MR) is 102 cm³/mol. The summed E-state index contributed by atoms with van der Waals surface area (Å²) in [5.41, 5.74) is 7.25. The number of halogens is 2. The Kier molecular flexibility index (Phi) is 6.12. The van der Waals surface area contributed by atoms with Crippen molar-refractivity contribution in [1.82, 2.24) is 0 Å². The van der Waals surface area contributed by atoms with Gasteiger partial charge >= 0.3 is 0 Å². The van der Waals surface area contributed by atoms with Gasteiger partial charge in [0.2, 0.25) is 0 Å². The van der Waals surface area contributed by atoms with Crippen molar-refractivity contribution < 1.29 is 9.84 Å². The van der Waals surface area contributed by atoms with Crippen LogP contribution in [0.5, 0.6) is 17.2 Å². The Morgan fingerprint density at radius 2 is 1.71 bits per heavy atom. The summed E-state index contributed by atoms with van der Waals surface area (Å²) in [5, 5.41) is 9.31. The van der Waals surface area contributed by atoms with Crippen LogP contribution in [0.15, 0.2) is 36.4 Å². The molecule has 0 heterocycles. The molecule has 0 spiro atoms. The topological polar surface area (TPSA) is 55.5 Å². The molecule has 0 unspecified atom stereocenters. The van der Waals surface area contributed by atoms with Gasteiger partial charge in [0.25, 0.3) is 0 Å². The van der Waals surface area contributed by atoms with Crippen molar-refractivity contribution in [2.75, 3.05) is 0 Å². The molecule has 0 aromatic heterocycles. The van der Waals surface area contributed by atoms with Crippen LogP contribution in [0, 0.1) is 7.14 Å². The lowest BCUT2D eigenvalue weighted by Crippen LogP contribution is -2.21. The minimum absolute atomic E-state index is 0.195. The van der Waals surface area contributed by atoms with Crippen LogP contribution in [-0.2, 0) is 6.42 Å². The van der Waals surface area contributed by atoms with Crippen LogP contribution in [-0.4, -0.2) is 11.1 Å². The van der Waals surface area contributed by atoms with Gasteiger partial charge < -0.3 is 15.6 Å². The van der Waals surface area contributed by atoms with Gasteiger partial charge in [0.15, 0.2) is 5.75 Å². The summed E-state index contributed by atoms with van der Waals surface area (Å²) in [7, 11) is 0. The number of ether oxygens (including phenoxy) is 1. The first-order valence-electron chi connectivity index (χ1n) is 6.70. The SMILES string of the molecule is CC[C@@H](N)Cc1cc(I)c(Oc2ccc(O)cc2)c(I)c1. The van der Waals surface area contributed by atoms with Gasteiger partial charge in [-0.2, -0.15) is 0 Å². The minimum atomic E-state index is 0.195. The number of rotatable bonds is 5. The maximum absolute atomic E-state index is 9.31. The van der Waals surface area contributed by atoms with E-state index in [4.69, 9.17) is 10.5 Å². The maximum atomic E-state index is 9.31. The molecular formula is C16H17I2NO2. The Morgan fingerprint density at radius 3 is 2.24 bits per heavy atom. The summed E-state index contributed by atoms with van der Waals surface area (Å²) >= 11 is 4.57. The van der Waals surface area contributed by atoms with Gasteiger partial charge in [-0.3, -0.25) is 0 Å². The minimum Gasteiger partial charge on any atom is -0.508 e. The van der Waals surface area contributed by atoms with Crippen molar-refractivity contribution in [3.05, 3.63) is 49.1 Å². The molecule has 2 rings (SSSR count). The smallest absolute Gasteiger partial charge is 0.154 e. The largest absolute Gasteiger partial charge is 0.508 e. The monoisotopic (exact) mass is 509 g/mol. The molecule has 0 aliphatic carbocycles. The van der Waals surface area contributed by atoms with Crippen LogP contribution in [0.25, 0.3) is 0 Å². The number of hydrogen-bond donors (Lipinski definition) is 2. The third kappa shape index (κ3) is 4.72. The second kappa shape index (κ2) is 7.64. The highest BCUT2D eigenvalue weighted by Gasteiger charge is 2.11. The average molecular weight is 509 g/mol. The zero-order valence-electron chi connectivity index (χ0n) is 11.6. The summed E-state index contributed by atoms with van der Waals surface area (Å²) < 4.78 is 8.05. The second-order valence-corrected chi connectivity index (χ2v) is 7.18. The molecule has 1 atom stereocenters. The maximum Gasteiger partial charge on any atom is 0.154 e. The van der Waals surface area contributed by atoms with E-state index >= 15 is 0 Å². The Labute approximate surface area is 152 Å².